The molecule has 0 unspecified atom stereocenters. The minimum Gasteiger partial charge on any atom is -0.487 e. The van der Waals surface area contributed by atoms with Gasteiger partial charge in [-0.05, 0) is 49.6 Å². The highest BCUT2D eigenvalue weighted by Gasteiger charge is 2.35. The maximum Gasteiger partial charge on any atom is 0.311 e. The zero-order valence-electron chi connectivity index (χ0n) is 16.2. The molecular formula is C21H23ClN2O5. The summed E-state index contributed by atoms with van der Waals surface area (Å²) in [5.41, 5.74) is 0.741. The van der Waals surface area contributed by atoms with Gasteiger partial charge in [-0.15, -0.1) is 0 Å². The van der Waals surface area contributed by atoms with Crippen molar-refractivity contribution < 1.29 is 19.2 Å². The molecule has 0 aromatic heterocycles. The van der Waals surface area contributed by atoms with E-state index < -0.39 is 4.92 Å². The lowest BCUT2D eigenvalue weighted by Gasteiger charge is -2.38. The Morgan fingerprint density at radius 1 is 1.28 bits per heavy atom. The molecule has 0 bridgehead atoms. The lowest BCUT2D eigenvalue weighted by Crippen LogP contribution is -2.44. The zero-order chi connectivity index (χ0) is 20.9. The van der Waals surface area contributed by atoms with Gasteiger partial charge in [-0.1, -0.05) is 23.7 Å². The van der Waals surface area contributed by atoms with E-state index in [2.05, 4.69) is 5.32 Å². The summed E-state index contributed by atoms with van der Waals surface area (Å²) in [7, 11) is 0. The van der Waals surface area contributed by atoms with Crippen LogP contribution in [-0.2, 0) is 10.2 Å². The van der Waals surface area contributed by atoms with Crippen molar-refractivity contribution in [1.82, 2.24) is 5.32 Å². The molecule has 0 aliphatic carbocycles. The molecule has 154 valence electrons. The number of carbonyl (C=O) groups excluding carboxylic acids is 1. The molecule has 1 aliphatic heterocycles. The molecule has 3 rings (SSSR count). The van der Waals surface area contributed by atoms with Gasteiger partial charge in [0.05, 0.1) is 11.5 Å². The van der Waals surface area contributed by atoms with Gasteiger partial charge in [0.15, 0.2) is 5.75 Å². The third kappa shape index (κ3) is 4.86. The van der Waals surface area contributed by atoms with Crippen molar-refractivity contribution in [2.45, 2.75) is 25.2 Å². The van der Waals surface area contributed by atoms with Crippen molar-refractivity contribution >= 4 is 23.2 Å². The lowest BCUT2D eigenvalue weighted by atomic mass is 9.74. The smallest absolute Gasteiger partial charge is 0.311 e. The van der Waals surface area contributed by atoms with Crippen molar-refractivity contribution in [3.05, 3.63) is 68.7 Å². The molecule has 1 saturated heterocycles. The van der Waals surface area contributed by atoms with Gasteiger partial charge < -0.3 is 14.8 Å². The van der Waals surface area contributed by atoms with Crippen molar-refractivity contribution in [2.24, 2.45) is 0 Å². The topological polar surface area (TPSA) is 90.7 Å². The highest BCUT2D eigenvalue weighted by Crippen LogP contribution is 2.35. The number of benzene rings is 2. The molecule has 8 heteroatoms. The van der Waals surface area contributed by atoms with Crippen LogP contribution in [0.2, 0.25) is 5.02 Å². The molecule has 2 aromatic rings. The number of nitrogens with zero attached hydrogens (tertiary/aromatic N) is 1. The molecule has 0 saturated carbocycles. The molecule has 1 aliphatic rings. The first-order valence-corrected chi connectivity index (χ1v) is 9.86. The average molecular weight is 419 g/mol. The van der Waals surface area contributed by atoms with E-state index in [1.165, 1.54) is 18.2 Å². The number of nitrogens with one attached hydrogen (secondary N) is 1. The molecule has 7 nitrogen and oxygen atoms in total. The number of ether oxygens (including phenoxy) is 2. The average Bonchev–Trinajstić information content (AvgIpc) is 2.73. The minimum atomic E-state index is -0.548. The molecule has 0 atom stereocenters. The number of hydrogen-bond donors (Lipinski definition) is 1. The maximum absolute atomic E-state index is 12.7. The van der Waals surface area contributed by atoms with Gasteiger partial charge in [-0.3, -0.25) is 14.9 Å². The van der Waals surface area contributed by atoms with Crippen LogP contribution in [0.1, 0.15) is 35.7 Å². The summed E-state index contributed by atoms with van der Waals surface area (Å²) in [5.74, 6) is -0.224. The van der Waals surface area contributed by atoms with Crippen molar-refractivity contribution in [3.63, 3.8) is 0 Å². The second-order valence-electron chi connectivity index (χ2n) is 6.96. The highest BCUT2D eigenvalue weighted by molar-refractivity contribution is 6.30. The number of nitro benzene ring substituents is 1. The zero-order valence-corrected chi connectivity index (χ0v) is 16.9. The summed E-state index contributed by atoms with van der Waals surface area (Å²) >= 11 is 6.18. The molecule has 1 amide bonds. The Labute approximate surface area is 174 Å². The number of halogens is 1. The minimum absolute atomic E-state index is 0.147. The molecule has 29 heavy (non-hydrogen) atoms. The summed E-state index contributed by atoms with van der Waals surface area (Å²) in [6, 6.07) is 11.9. The predicted molar refractivity (Wildman–Crippen MR) is 110 cm³/mol. The lowest BCUT2D eigenvalue weighted by molar-refractivity contribution is -0.385. The molecule has 1 heterocycles. The van der Waals surface area contributed by atoms with Crippen LogP contribution in [0.25, 0.3) is 0 Å². The Bertz CT molecular complexity index is 896. The number of hydrogen-bond acceptors (Lipinski definition) is 5. The SMILES string of the molecule is CCOc1ccc(C(=O)NCC2(c3cccc(Cl)c3)CCOCC2)cc1[N+](=O)[O-]. The first-order chi connectivity index (χ1) is 13.9. The summed E-state index contributed by atoms with van der Waals surface area (Å²) < 4.78 is 10.8. The van der Waals surface area contributed by atoms with Crippen LogP contribution in [0.5, 0.6) is 5.75 Å². The summed E-state index contributed by atoms with van der Waals surface area (Å²) in [6.45, 7) is 3.62. The number of rotatable bonds is 7. The van der Waals surface area contributed by atoms with E-state index in [1.54, 1.807) is 6.92 Å². The number of amides is 1. The fraction of sp³-hybridized carbons (Fsp3) is 0.381. The summed E-state index contributed by atoms with van der Waals surface area (Å²) in [5, 5.41) is 14.9. The maximum atomic E-state index is 12.7. The third-order valence-electron chi connectivity index (χ3n) is 5.19. The van der Waals surface area contributed by atoms with Gasteiger partial charge in [0.1, 0.15) is 0 Å². The normalized spacial score (nSPS) is 15.5. The van der Waals surface area contributed by atoms with Crippen molar-refractivity contribution in [1.29, 1.82) is 0 Å². The fourth-order valence-corrected chi connectivity index (χ4v) is 3.77. The quantitative estimate of drug-likeness (QED) is 0.539. The monoisotopic (exact) mass is 418 g/mol. The fourth-order valence-electron chi connectivity index (χ4n) is 3.58. The van der Waals surface area contributed by atoms with Crippen LogP contribution in [0.15, 0.2) is 42.5 Å². The van der Waals surface area contributed by atoms with E-state index in [9.17, 15) is 14.9 Å². The Morgan fingerprint density at radius 2 is 2.03 bits per heavy atom. The molecular weight excluding hydrogens is 396 g/mol. The Kier molecular flexibility index (Phi) is 6.71. The van der Waals surface area contributed by atoms with Crippen LogP contribution < -0.4 is 10.1 Å². The molecule has 1 N–H and O–H groups in total. The van der Waals surface area contributed by atoms with Gasteiger partial charge in [-0.25, -0.2) is 0 Å². The Balaban J connectivity index is 1.80. The summed E-state index contributed by atoms with van der Waals surface area (Å²) in [4.78, 5) is 23.5. The molecule has 2 aromatic carbocycles. The predicted octanol–water partition coefficient (Wildman–Crippen LogP) is 4.13. The van der Waals surface area contributed by atoms with Crippen LogP contribution in [0, 0.1) is 10.1 Å². The van der Waals surface area contributed by atoms with Gasteiger partial charge in [0.2, 0.25) is 0 Å². The summed E-state index contributed by atoms with van der Waals surface area (Å²) in [6.07, 6.45) is 1.49. The van der Waals surface area contributed by atoms with Crippen LogP contribution >= 0.6 is 11.6 Å². The molecule has 0 radical (unpaired) electrons. The highest BCUT2D eigenvalue weighted by atomic mass is 35.5. The van der Waals surface area contributed by atoms with Crippen LogP contribution in [0.4, 0.5) is 5.69 Å². The van der Waals surface area contributed by atoms with Gasteiger partial charge in [0.25, 0.3) is 5.91 Å². The third-order valence-corrected chi connectivity index (χ3v) is 5.43. The Morgan fingerprint density at radius 3 is 2.69 bits per heavy atom. The van der Waals surface area contributed by atoms with Crippen molar-refractivity contribution in [2.75, 3.05) is 26.4 Å². The van der Waals surface area contributed by atoms with E-state index >= 15 is 0 Å². The second-order valence-corrected chi connectivity index (χ2v) is 7.39. The standard InChI is InChI=1S/C21H23ClN2O5/c1-2-29-19-7-6-15(12-18(19)24(26)27)20(25)23-14-21(8-10-28-11-9-21)16-4-3-5-17(22)13-16/h3-7,12-13H,2,8-11,14H2,1H3,(H,23,25). The van der Waals surface area contributed by atoms with Crippen molar-refractivity contribution in [3.8, 4) is 5.75 Å². The molecule has 0 spiro atoms. The number of carbonyl (C=O) groups is 1. The van der Waals surface area contributed by atoms with Crippen LogP contribution in [0.3, 0.4) is 0 Å². The molecule has 1 fully saturated rings. The van der Waals surface area contributed by atoms with E-state index in [0.717, 1.165) is 18.4 Å². The van der Waals surface area contributed by atoms with E-state index in [-0.39, 0.29) is 28.3 Å². The van der Waals surface area contributed by atoms with E-state index in [0.29, 0.717) is 31.4 Å². The second kappa shape index (κ2) is 9.24. The number of nitro groups is 1. The van der Waals surface area contributed by atoms with Gasteiger partial charge in [-0.2, -0.15) is 0 Å². The van der Waals surface area contributed by atoms with Gasteiger partial charge in [0, 0.05) is 41.8 Å². The van der Waals surface area contributed by atoms with Gasteiger partial charge >= 0.3 is 5.69 Å². The van der Waals surface area contributed by atoms with E-state index in [1.807, 2.05) is 24.3 Å². The largest absolute Gasteiger partial charge is 0.487 e. The van der Waals surface area contributed by atoms with Crippen LogP contribution in [-0.4, -0.2) is 37.2 Å². The Hall–Kier alpha value is -2.64. The first kappa shape index (κ1) is 21.1. The van der Waals surface area contributed by atoms with E-state index in [4.69, 9.17) is 21.1 Å². The first-order valence-electron chi connectivity index (χ1n) is 9.48.